The molecule has 0 saturated carbocycles. The van der Waals surface area contributed by atoms with E-state index >= 15 is 0 Å². The SMILES string of the molecule is CC(O)C(O)N=[N+]=[N-]. The van der Waals surface area contributed by atoms with Crippen molar-refractivity contribution in [3.8, 4) is 0 Å². The molecule has 2 unspecified atom stereocenters. The molecule has 5 heteroatoms. The van der Waals surface area contributed by atoms with Crippen molar-refractivity contribution in [2.24, 2.45) is 5.11 Å². The Balaban J connectivity index is 3.63. The van der Waals surface area contributed by atoms with Crippen LogP contribution in [-0.2, 0) is 0 Å². The lowest BCUT2D eigenvalue weighted by atomic mass is 10.4. The molecule has 0 radical (unpaired) electrons. The second-order valence-electron chi connectivity index (χ2n) is 1.36. The van der Waals surface area contributed by atoms with Crippen LogP contribution < -0.4 is 0 Å². The number of aliphatic hydroxyl groups excluding tert-OH is 2. The second-order valence-corrected chi connectivity index (χ2v) is 1.36. The molecule has 8 heavy (non-hydrogen) atoms. The van der Waals surface area contributed by atoms with E-state index in [1.165, 1.54) is 6.92 Å². The third kappa shape index (κ3) is 2.41. The molecule has 0 aromatic rings. The normalized spacial score (nSPS) is 16.4. The first kappa shape index (κ1) is 7.23. The van der Waals surface area contributed by atoms with Crippen LogP contribution in [0.25, 0.3) is 10.4 Å². The molecule has 46 valence electrons. The lowest BCUT2D eigenvalue weighted by Gasteiger charge is -2.03. The first-order valence-electron chi connectivity index (χ1n) is 2.09. The molecule has 0 heterocycles. The van der Waals surface area contributed by atoms with Gasteiger partial charge in [0.25, 0.3) is 0 Å². The van der Waals surface area contributed by atoms with Crippen LogP contribution in [0.3, 0.4) is 0 Å². The minimum Gasteiger partial charge on any atom is -0.391 e. The number of aliphatic hydroxyl groups is 2. The monoisotopic (exact) mass is 117 g/mol. The van der Waals surface area contributed by atoms with Crippen LogP contribution >= 0.6 is 0 Å². The van der Waals surface area contributed by atoms with Crippen molar-refractivity contribution in [3.63, 3.8) is 0 Å². The van der Waals surface area contributed by atoms with Crippen molar-refractivity contribution < 1.29 is 10.2 Å². The highest BCUT2D eigenvalue weighted by atomic mass is 16.3. The van der Waals surface area contributed by atoms with E-state index in [4.69, 9.17) is 15.7 Å². The maximum absolute atomic E-state index is 8.46. The number of azide groups is 1. The van der Waals surface area contributed by atoms with Crippen molar-refractivity contribution in [1.82, 2.24) is 0 Å². The summed E-state index contributed by atoms with van der Waals surface area (Å²) in [5.74, 6) is 0. The fourth-order valence-electron chi connectivity index (χ4n) is 0.149. The molecule has 0 aromatic carbocycles. The lowest BCUT2D eigenvalue weighted by Crippen LogP contribution is -2.18. The molecule has 0 aliphatic heterocycles. The summed E-state index contributed by atoms with van der Waals surface area (Å²) in [5.41, 5.74) is 7.67. The summed E-state index contributed by atoms with van der Waals surface area (Å²) in [6, 6.07) is 0. The standard InChI is InChI=1S/C3H7N3O2/c1-2(7)3(8)5-6-4/h2-3,7-8H,1H3. The first-order valence-corrected chi connectivity index (χ1v) is 2.09. The van der Waals surface area contributed by atoms with Crippen molar-refractivity contribution in [3.05, 3.63) is 10.4 Å². The molecule has 2 N–H and O–H groups in total. The van der Waals surface area contributed by atoms with Gasteiger partial charge in [-0.05, 0) is 12.5 Å². The molecular weight excluding hydrogens is 110 g/mol. The van der Waals surface area contributed by atoms with E-state index in [1.54, 1.807) is 0 Å². The molecule has 0 aliphatic carbocycles. The quantitative estimate of drug-likeness (QED) is 0.302. The van der Waals surface area contributed by atoms with Gasteiger partial charge in [0.05, 0.1) is 6.10 Å². The Morgan fingerprint density at radius 2 is 2.12 bits per heavy atom. The molecule has 0 aliphatic rings. The van der Waals surface area contributed by atoms with Crippen LogP contribution in [0.5, 0.6) is 0 Å². The highest BCUT2D eigenvalue weighted by Crippen LogP contribution is 1.91. The Kier molecular flexibility index (Phi) is 2.95. The summed E-state index contributed by atoms with van der Waals surface area (Å²) in [7, 11) is 0. The van der Waals surface area contributed by atoms with Crippen molar-refractivity contribution >= 4 is 0 Å². The van der Waals surface area contributed by atoms with Gasteiger partial charge in [-0.3, -0.25) is 0 Å². The molecule has 5 nitrogen and oxygen atoms in total. The minimum absolute atomic E-state index is 0.995. The van der Waals surface area contributed by atoms with Gasteiger partial charge in [-0.25, -0.2) is 0 Å². The predicted octanol–water partition coefficient (Wildman–Crippen LogP) is -0.00410. The lowest BCUT2D eigenvalue weighted by molar-refractivity contribution is 0.0362. The zero-order chi connectivity index (χ0) is 6.57. The summed E-state index contributed by atoms with van der Waals surface area (Å²) in [6.45, 7) is 1.33. The Labute approximate surface area is 46.2 Å². The van der Waals surface area contributed by atoms with Crippen LogP contribution in [0.2, 0.25) is 0 Å². The first-order chi connectivity index (χ1) is 3.68. The fourth-order valence-corrected chi connectivity index (χ4v) is 0.149. The van der Waals surface area contributed by atoms with E-state index in [-0.39, 0.29) is 0 Å². The molecule has 0 bridgehead atoms. The molecule has 0 rings (SSSR count). The maximum atomic E-state index is 8.46. The van der Waals surface area contributed by atoms with E-state index in [9.17, 15) is 0 Å². The summed E-state index contributed by atoms with van der Waals surface area (Å²) < 4.78 is 0. The van der Waals surface area contributed by atoms with Crippen LogP contribution in [0.15, 0.2) is 5.11 Å². The largest absolute Gasteiger partial charge is 0.391 e. The van der Waals surface area contributed by atoms with Gasteiger partial charge in [0.1, 0.15) is 0 Å². The average molecular weight is 117 g/mol. The highest BCUT2D eigenvalue weighted by molar-refractivity contribution is 4.58. The second kappa shape index (κ2) is 3.26. The minimum atomic E-state index is -1.32. The van der Waals surface area contributed by atoms with Crippen LogP contribution in [0, 0.1) is 0 Å². The van der Waals surface area contributed by atoms with Gasteiger partial charge in [0.2, 0.25) is 0 Å². The predicted molar refractivity (Wildman–Crippen MR) is 26.8 cm³/mol. The molecule has 0 spiro atoms. The number of hydrogen-bond acceptors (Lipinski definition) is 3. The molecular formula is C3H7N3O2. The number of nitrogens with zero attached hydrogens (tertiary/aromatic N) is 3. The maximum Gasteiger partial charge on any atom is 0.158 e. The van der Waals surface area contributed by atoms with Gasteiger partial charge in [0, 0.05) is 4.91 Å². The zero-order valence-electron chi connectivity index (χ0n) is 4.39. The van der Waals surface area contributed by atoms with Gasteiger partial charge in [-0.1, -0.05) is 5.11 Å². The summed E-state index contributed by atoms with van der Waals surface area (Å²) in [6.07, 6.45) is -2.31. The number of hydrogen-bond donors (Lipinski definition) is 2. The number of rotatable bonds is 2. The summed E-state index contributed by atoms with van der Waals surface area (Å²) >= 11 is 0. The Hall–Kier alpha value is -0.770. The zero-order valence-corrected chi connectivity index (χ0v) is 4.39. The van der Waals surface area contributed by atoms with E-state index in [0.717, 1.165) is 0 Å². The van der Waals surface area contributed by atoms with E-state index in [0.29, 0.717) is 0 Å². The van der Waals surface area contributed by atoms with E-state index in [2.05, 4.69) is 10.0 Å². The molecule has 0 saturated heterocycles. The molecule has 0 fully saturated rings. The van der Waals surface area contributed by atoms with Gasteiger partial charge >= 0.3 is 0 Å². The molecule has 0 amide bonds. The highest BCUT2D eigenvalue weighted by Gasteiger charge is 2.05. The van der Waals surface area contributed by atoms with Crippen molar-refractivity contribution in [1.29, 1.82) is 0 Å². The van der Waals surface area contributed by atoms with Gasteiger partial charge in [0.15, 0.2) is 6.23 Å². The van der Waals surface area contributed by atoms with Crippen LogP contribution in [-0.4, -0.2) is 22.5 Å². The molecule has 0 aromatic heterocycles. The Bertz CT molecular complexity index is 107. The Morgan fingerprint density at radius 1 is 1.62 bits per heavy atom. The van der Waals surface area contributed by atoms with Gasteiger partial charge in [-0.2, -0.15) is 0 Å². The summed E-state index contributed by atoms with van der Waals surface area (Å²) in [4.78, 5) is 2.27. The topological polar surface area (TPSA) is 89.2 Å². The smallest absolute Gasteiger partial charge is 0.158 e. The van der Waals surface area contributed by atoms with E-state index < -0.39 is 12.3 Å². The van der Waals surface area contributed by atoms with Gasteiger partial charge in [-0.15, -0.1) is 0 Å². The van der Waals surface area contributed by atoms with Gasteiger partial charge < -0.3 is 10.2 Å². The average Bonchev–Trinajstić information content (AvgIpc) is 1.67. The third-order valence-corrected chi connectivity index (χ3v) is 0.601. The van der Waals surface area contributed by atoms with E-state index in [1.807, 2.05) is 0 Å². The van der Waals surface area contributed by atoms with Crippen LogP contribution in [0.1, 0.15) is 6.92 Å². The van der Waals surface area contributed by atoms with Crippen LogP contribution in [0.4, 0.5) is 0 Å². The van der Waals surface area contributed by atoms with Crippen molar-refractivity contribution in [2.75, 3.05) is 0 Å². The third-order valence-electron chi connectivity index (χ3n) is 0.601. The fraction of sp³-hybridized carbons (Fsp3) is 1.00. The Morgan fingerprint density at radius 3 is 2.25 bits per heavy atom. The summed E-state index contributed by atoms with van der Waals surface area (Å²) in [5, 5.41) is 19.7. The molecule has 2 atom stereocenters. The van der Waals surface area contributed by atoms with Crippen molar-refractivity contribution in [2.45, 2.75) is 19.3 Å².